The molecular weight excluding hydrogens is 1120 g/mol. The third-order valence-corrected chi connectivity index (χ3v) is 17.8. The number of unbranched alkanes of at least 4 members (excludes halogenated alkanes) is 36. The smallest absolute Gasteiger partial charge is 0.220 e. The van der Waals surface area contributed by atoms with E-state index < -0.39 is 124 Å². The lowest BCUT2D eigenvalue weighted by atomic mass is 9.96. The topological polar surface area (TPSA) is 307 Å². The number of rotatable bonds is 54. The minimum atomic E-state index is -1.98. The van der Waals surface area contributed by atoms with E-state index in [1.165, 1.54) is 199 Å². The van der Waals surface area contributed by atoms with E-state index in [0.717, 1.165) is 38.5 Å². The third-order valence-electron chi connectivity index (χ3n) is 17.8. The van der Waals surface area contributed by atoms with Crippen molar-refractivity contribution in [2.24, 2.45) is 0 Å². The van der Waals surface area contributed by atoms with Crippen LogP contribution in [0, 0.1) is 0 Å². The molecule has 0 aromatic carbocycles. The van der Waals surface area contributed by atoms with E-state index in [-0.39, 0.29) is 18.9 Å². The number of hydrogen-bond acceptors (Lipinski definition) is 18. The summed E-state index contributed by atoms with van der Waals surface area (Å²) in [4.78, 5) is 13.3. The quantitative estimate of drug-likeness (QED) is 0.0200. The van der Waals surface area contributed by atoms with Crippen LogP contribution < -0.4 is 5.32 Å². The number of amides is 1. The van der Waals surface area contributed by atoms with Crippen molar-refractivity contribution in [2.45, 2.75) is 375 Å². The standard InChI is InChI=1S/C68H127NO18/c1-3-5-7-9-11-13-14-15-16-17-18-19-20-21-22-23-24-25-26-27-28-29-30-31-32-33-34-35-36-38-39-41-43-45-52(73)51(69-56(74)46-44-42-40-37-12-10-8-6-4-2)50-82-66-62(80)59(77)64(54(48-71)84-66)87-68-63(81)60(78)65(55(49-72)85-68)86-67-61(79)58(76)57(75)53(47-70)83-67/h36,38,43,45,51-55,57-68,70-73,75-81H,3-35,37,39-42,44,46-50H2,1-2H3,(H,69,74)/b38-36+,45-43+. The van der Waals surface area contributed by atoms with Gasteiger partial charge in [0, 0.05) is 6.42 Å². The van der Waals surface area contributed by atoms with E-state index in [0.29, 0.717) is 12.8 Å². The maximum Gasteiger partial charge on any atom is 0.220 e. The van der Waals surface area contributed by atoms with Crippen molar-refractivity contribution >= 4 is 5.91 Å². The van der Waals surface area contributed by atoms with E-state index >= 15 is 0 Å². The van der Waals surface area contributed by atoms with Crippen LogP contribution in [-0.4, -0.2) is 193 Å². The van der Waals surface area contributed by atoms with Crippen LogP contribution in [-0.2, 0) is 33.2 Å². The molecule has 3 fully saturated rings. The Labute approximate surface area is 524 Å². The maximum atomic E-state index is 13.3. The Morgan fingerprint density at radius 2 is 0.736 bits per heavy atom. The van der Waals surface area contributed by atoms with Crippen LogP contribution in [0.1, 0.15) is 271 Å². The molecule has 0 bridgehead atoms. The van der Waals surface area contributed by atoms with Crippen molar-refractivity contribution < 1.29 is 89.4 Å². The highest BCUT2D eigenvalue weighted by Crippen LogP contribution is 2.33. The predicted molar refractivity (Wildman–Crippen MR) is 337 cm³/mol. The first-order valence-corrected chi connectivity index (χ1v) is 35.1. The number of aliphatic hydroxyl groups is 11. The Morgan fingerprint density at radius 1 is 0.402 bits per heavy atom. The predicted octanol–water partition coefficient (Wildman–Crippen LogP) is 9.05. The number of allylic oxidation sites excluding steroid dienone is 3. The first kappa shape index (κ1) is 79.5. The van der Waals surface area contributed by atoms with Crippen LogP contribution >= 0.6 is 0 Å². The normalized spacial score (nSPS) is 28.7. The number of ether oxygens (including phenoxy) is 6. The van der Waals surface area contributed by atoms with Gasteiger partial charge in [0.15, 0.2) is 18.9 Å². The molecular formula is C68H127NO18. The van der Waals surface area contributed by atoms with Gasteiger partial charge in [0.1, 0.15) is 73.2 Å². The van der Waals surface area contributed by atoms with Crippen molar-refractivity contribution in [3.63, 3.8) is 0 Å². The van der Waals surface area contributed by atoms with Crippen LogP contribution in [0.5, 0.6) is 0 Å². The molecule has 87 heavy (non-hydrogen) atoms. The fourth-order valence-corrected chi connectivity index (χ4v) is 12.0. The zero-order chi connectivity index (χ0) is 63.3. The molecule has 0 aliphatic carbocycles. The van der Waals surface area contributed by atoms with Crippen molar-refractivity contribution in [3.8, 4) is 0 Å². The first-order valence-electron chi connectivity index (χ1n) is 35.1. The van der Waals surface area contributed by atoms with E-state index in [1.54, 1.807) is 6.08 Å². The molecule has 0 spiro atoms. The van der Waals surface area contributed by atoms with E-state index in [9.17, 15) is 61.0 Å². The van der Waals surface area contributed by atoms with Gasteiger partial charge in [-0.1, -0.05) is 256 Å². The van der Waals surface area contributed by atoms with Gasteiger partial charge >= 0.3 is 0 Å². The van der Waals surface area contributed by atoms with Gasteiger partial charge in [0.25, 0.3) is 0 Å². The zero-order valence-electron chi connectivity index (χ0n) is 54.0. The summed E-state index contributed by atoms with van der Waals surface area (Å²) in [7, 11) is 0. The van der Waals surface area contributed by atoms with Crippen LogP contribution in [0.4, 0.5) is 0 Å². The molecule has 3 heterocycles. The number of aliphatic hydroxyl groups excluding tert-OH is 11. The van der Waals surface area contributed by atoms with E-state index in [1.807, 2.05) is 6.08 Å². The molecule has 12 N–H and O–H groups in total. The molecule has 512 valence electrons. The number of carbonyl (C=O) groups excluding carboxylic acids is 1. The lowest BCUT2D eigenvalue weighted by molar-refractivity contribution is -0.379. The van der Waals surface area contributed by atoms with E-state index in [4.69, 9.17) is 28.4 Å². The fraction of sp³-hybridized carbons (Fsp3) is 0.926. The molecule has 19 heteroatoms. The van der Waals surface area contributed by atoms with Crippen LogP contribution in [0.15, 0.2) is 24.3 Å². The summed E-state index contributed by atoms with van der Waals surface area (Å²) in [6.45, 7) is 1.70. The van der Waals surface area contributed by atoms with Crippen molar-refractivity contribution in [2.75, 3.05) is 26.4 Å². The summed E-state index contributed by atoms with van der Waals surface area (Å²) < 4.78 is 34.2. The second kappa shape index (κ2) is 50.8. The Hall–Kier alpha value is -1.73. The SMILES string of the molecule is CCCCCCCCCCCCCCCCCCCCCCCCCCCCC/C=C/CC/C=C/C(O)C(COC1OC(CO)C(OC2OC(CO)C(OC3OC(CO)C(O)C(O)C3O)C(O)C2O)C(O)C1O)NC(=O)CCCCCCCCCCC. The summed E-state index contributed by atoms with van der Waals surface area (Å²) in [5.41, 5.74) is 0. The lowest BCUT2D eigenvalue weighted by Crippen LogP contribution is -2.66. The molecule has 19 nitrogen and oxygen atoms in total. The molecule has 17 atom stereocenters. The lowest BCUT2D eigenvalue weighted by Gasteiger charge is -2.48. The minimum absolute atomic E-state index is 0.238. The van der Waals surface area contributed by atoms with Crippen molar-refractivity contribution in [1.29, 1.82) is 0 Å². The average Bonchev–Trinajstić information content (AvgIpc) is 3.65. The van der Waals surface area contributed by atoms with Gasteiger partial charge in [0.2, 0.25) is 5.91 Å². The second-order valence-corrected chi connectivity index (χ2v) is 25.3. The minimum Gasteiger partial charge on any atom is -0.394 e. The summed E-state index contributed by atoms with van der Waals surface area (Å²) in [5, 5.41) is 120. The molecule has 17 unspecified atom stereocenters. The van der Waals surface area contributed by atoms with Gasteiger partial charge < -0.3 is 89.9 Å². The van der Waals surface area contributed by atoms with Gasteiger partial charge in [-0.05, 0) is 32.1 Å². The largest absolute Gasteiger partial charge is 0.394 e. The Morgan fingerprint density at radius 3 is 1.15 bits per heavy atom. The van der Waals surface area contributed by atoms with Gasteiger partial charge in [-0.2, -0.15) is 0 Å². The number of hydrogen-bond donors (Lipinski definition) is 12. The fourth-order valence-electron chi connectivity index (χ4n) is 12.0. The van der Waals surface area contributed by atoms with Gasteiger partial charge in [-0.25, -0.2) is 0 Å². The highest BCUT2D eigenvalue weighted by Gasteiger charge is 2.53. The summed E-state index contributed by atoms with van der Waals surface area (Å²) in [6.07, 6.45) is 30.8. The monoisotopic (exact) mass is 1250 g/mol. The maximum absolute atomic E-state index is 13.3. The van der Waals surface area contributed by atoms with Crippen molar-refractivity contribution in [3.05, 3.63) is 24.3 Å². The molecule has 3 saturated heterocycles. The number of nitrogens with one attached hydrogen (secondary N) is 1. The van der Waals surface area contributed by atoms with Crippen LogP contribution in [0.3, 0.4) is 0 Å². The summed E-state index contributed by atoms with van der Waals surface area (Å²) in [5.74, 6) is -0.287. The highest BCUT2D eigenvalue weighted by molar-refractivity contribution is 5.76. The summed E-state index contributed by atoms with van der Waals surface area (Å²) >= 11 is 0. The first-order chi connectivity index (χ1) is 42.3. The molecule has 0 radical (unpaired) electrons. The van der Waals surface area contributed by atoms with Gasteiger partial charge in [0.05, 0.1) is 38.6 Å². The average molecular weight is 1250 g/mol. The van der Waals surface area contributed by atoms with Crippen molar-refractivity contribution in [1.82, 2.24) is 5.32 Å². The Bertz CT molecular complexity index is 1680. The molecule has 3 aliphatic rings. The van der Waals surface area contributed by atoms with Gasteiger partial charge in [-0.3, -0.25) is 4.79 Å². The summed E-state index contributed by atoms with van der Waals surface area (Å²) in [6, 6.07) is -0.985. The second-order valence-electron chi connectivity index (χ2n) is 25.3. The highest BCUT2D eigenvalue weighted by atomic mass is 16.8. The molecule has 3 aliphatic heterocycles. The zero-order valence-corrected chi connectivity index (χ0v) is 54.0. The Balaban J connectivity index is 1.35. The van der Waals surface area contributed by atoms with E-state index in [2.05, 4.69) is 31.3 Å². The third kappa shape index (κ3) is 33.1. The number of carbonyl (C=O) groups is 1. The molecule has 0 aromatic heterocycles. The molecule has 1 amide bonds. The van der Waals surface area contributed by atoms with Crippen LogP contribution in [0.2, 0.25) is 0 Å². The molecule has 0 saturated carbocycles. The van der Waals surface area contributed by atoms with Crippen LogP contribution in [0.25, 0.3) is 0 Å². The Kier molecular flexibility index (Phi) is 46.4. The molecule has 0 aromatic rings. The molecule has 3 rings (SSSR count). The van der Waals surface area contributed by atoms with Gasteiger partial charge in [-0.15, -0.1) is 0 Å².